The van der Waals surface area contributed by atoms with E-state index >= 15 is 0 Å². The fourth-order valence-electron chi connectivity index (χ4n) is 10.2. The molecule has 2 aromatic carbocycles. The summed E-state index contributed by atoms with van der Waals surface area (Å²) in [6.07, 6.45) is 8.15. The Balaban J connectivity index is 1.24. The fraction of sp³-hybridized carbons (Fsp3) is 0.600. The normalized spacial score (nSPS) is 41.1. The lowest BCUT2D eigenvalue weighted by atomic mass is 9.47. The number of hydrogen-bond donors (Lipinski definition) is 1. The minimum atomic E-state index is 0.201. The zero-order valence-corrected chi connectivity index (χ0v) is 19.6. The highest BCUT2D eigenvalue weighted by molar-refractivity contribution is 5.55. The maximum atomic E-state index is 11.4. The summed E-state index contributed by atoms with van der Waals surface area (Å²) in [5, 5.41) is 11.4. The molecular weight excluding hydrogens is 404 g/mol. The van der Waals surface area contributed by atoms with Crippen LogP contribution in [0.2, 0.25) is 0 Å². The maximum Gasteiger partial charge on any atom is 0.119 e. The van der Waals surface area contributed by atoms with Gasteiger partial charge in [-0.15, -0.1) is 0 Å². The van der Waals surface area contributed by atoms with Crippen LogP contribution in [-0.4, -0.2) is 47.1 Å². The first-order valence-corrected chi connectivity index (χ1v) is 13.5. The topological polar surface area (TPSA) is 26.7 Å². The Hall–Kier alpha value is -1.84. The summed E-state index contributed by atoms with van der Waals surface area (Å²) in [5.74, 6) is 3.76. The molecule has 2 aliphatic heterocycles. The van der Waals surface area contributed by atoms with Crippen molar-refractivity contribution in [3.63, 3.8) is 0 Å². The molecule has 0 aromatic heterocycles. The molecule has 2 aromatic rings. The van der Waals surface area contributed by atoms with Gasteiger partial charge in [-0.25, -0.2) is 0 Å². The number of fused-ring (bicyclic) bond motifs is 1. The monoisotopic (exact) mass is 440 g/mol. The van der Waals surface area contributed by atoms with Crippen LogP contribution in [0.4, 0.5) is 0 Å². The zero-order valence-electron chi connectivity index (χ0n) is 19.6. The van der Waals surface area contributed by atoms with E-state index in [0.29, 0.717) is 23.1 Å². The van der Waals surface area contributed by atoms with Crippen LogP contribution in [0.1, 0.15) is 48.8 Å². The van der Waals surface area contributed by atoms with E-state index in [1.807, 2.05) is 6.07 Å². The van der Waals surface area contributed by atoms with Crippen LogP contribution in [0.25, 0.3) is 0 Å². The second kappa shape index (κ2) is 6.64. The lowest BCUT2D eigenvalue weighted by molar-refractivity contribution is -0.0837. The van der Waals surface area contributed by atoms with Crippen LogP contribution in [0.15, 0.2) is 48.5 Å². The molecule has 2 bridgehead atoms. The molecule has 0 amide bonds. The first kappa shape index (κ1) is 19.5. The summed E-state index contributed by atoms with van der Waals surface area (Å²) >= 11 is 0. The standard InChI is InChI=1S/C30H36N2O/c33-26-8-4-7-22-13-24-18-31(15-21-9-10-21)19-29-12-11-25-27(30(24,29)28(22)26)23(14-29)17-32(25)16-20-5-2-1-3-6-20/h1-8,21,23-25,27,33H,9-19H2/t23-,24?,25?,27?,29?,30?/m1/s1. The Morgan fingerprint density at radius 1 is 0.970 bits per heavy atom. The first-order chi connectivity index (χ1) is 16.2. The van der Waals surface area contributed by atoms with Crippen LogP contribution in [0.5, 0.6) is 5.75 Å². The number of hydrogen-bond acceptors (Lipinski definition) is 3. The highest BCUT2D eigenvalue weighted by Gasteiger charge is 2.76. The van der Waals surface area contributed by atoms with Crippen LogP contribution < -0.4 is 0 Å². The van der Waals surface area contributed by atoms with Crippen LogP contribution in [-0.2, 0) is 18.4 Å². The van der Waals surface area contributed by atoms with Crippen molar-refractivity contribution < 1.29 is 5.11 Å². The summed E-state index contributed by atoms with van der Waals surface area (Å²) in [6, 6.07) is 18.2. The molecule has 5 unspecified atom stereocenters. The van der Waals surface area contributed by atoms with Crippen molar-refractivity contribution in [3.8, 4) is 5.75 Å². The summed E-state index contributed by atoms with van der Waals surface area (Å²) in [4.78, 5) is 5.72. The lowest BCUT2D eigenvalue weighted by Crippen LogP contribution is -2.65. The molecule has 3 nitrogen and oxygen atoms in total. The number of phenolic OH excluding ortho intramolecular Hbond substituents is 1. The van der Waals surface area contributed by atoms with Crippen LogP contribution >= 0.6 is 0 Å². The van der Waals surface area contributed by atoms with E-state index in [9.17, 15) is 5.11 Å². The number of nitrogens with zero attached hydrogens (tertiary/aromatic N) is 2. The van der Waals surface area contributed by atoms with E-state index in [0.717, 1.165) is 24.3 Å². The summed E-state index contributed by atoms with van der Waals surface area (Å²) in [7, 11) is 0. The van der Waals surface area contributed by atoms with E-state index < -0.39 is 0 Å². The number of rotatable bonds is 4. The summed E-state index contributed by atoms with van der Waals surface area (Å²) in [6.45, 7) is 6.21. The van der Waals surface area contributed by atoms with Gasteiger partial charge in [-0.2, -0.15) is 0 Å². The van der Waals surface area contributed by atoms with Gasteiger partial charge in [0.05, 0.1) is 0 Å². The number of aromatic hydroxyl groups is 1. The lowest BCUT2D eigenvalue weighted by Gasteiger charge is -2.61. The average molecular weight is 441 g/mol. The second-order valence-corrected chi connectivity index (χ2v) is 12.5. The van der Waals surface area contributed by atoms with E-state index in [1.165, 1.54) is 81.4 Å². The van der Waals surface area contributed by atoms with Crippen molar-refractivity contribution >= 4 is 0 Å². The predicted octanol–water partition coefficient (Wildman–Crippen LogP) is 4.83. The quantitative estimate of drug-likeness (QED) is 0.738. The van der Waals surface area contributed by atoms with Gasteiger partial charge < -0.3 is 10.0 Å². The molecule has 1 N–H and O–H groups in total. The Morgan fingerprint density at radius 2 is 1.85 bits per heavy atom. The number of phenols is 1. The van der Waals surface area contributed by atoms with Crippen molar-refractivity contribution in [2.45, 2.75) is 56.5 Å². The Morgan fingerprint density at radius 3 is 2.70 bits per heavy atom. The third-order valence-corrected chi connectivity index (χ3v) is 10.9. The molecule has 3 heteroatoms. The molecule has 2 saturated heterocycles. The van der Waals surface area contributed by atoms with Crippen LogP contribution in [0, 0.1) is 29.1 Å². The molecule has 3 saturated carbocycles. The minimum absolute atomic E-state index is 0.201. The van der Waals surface area contributed by atoms with Gasteiger partial charge in [0.15, 0.2) is 0 Å². The Labute approximate surface area is 197 Å². The molecule has 0 radical (unpaired) electrons. The van der Waals surface area contributed by atoms with Crippen molar-refractivity contribution in [2.75, 3.05) is 26.2 Å². The van der Waals surface area contributed by atoms with Crippen molar-refractivity contribution in [1.82, 2.24) is 9.80 Å². The largest absolute Gasteiger partial charge is 0.508 e. The van der Waals surface area contributed by atoms with Gasteiger partial charge in [0, 0.05) is 49.7 Å². The average Bonchev–Trinajstić information content (AvgIpc) is 3.41. The van der Waals surface area contributed by atoms with Gasteiger partial charge in [-0.05, 0) is 84.8 Å². The molecule has 4 aliphatic carbocycles. The van der Waals surface area contributed by atoms with Gasteiger partial charge in [-0.3, -0.25) is 4.90 Å². The molecule has 33 heavy (non-hydrogen) atoms. The third-order valence-electron chi connectivity index (χ3n) is 10.9. The maximum absolute atomic E-state index is 11.4. The molecule has 6 aliphatic rings. The molecule has 6 atom stereocenters. The van der Waals surface area contributed by atoms with Gasteiger partial charge in [0.2, 0.25) is 0 Å². The van der Waals surface area contributed by atoms with E-state index in [1.54, 1.807) is 0 Å². The van der Waals surface area contributed by atoms with E-state index in [2.05, 4.69) is 52.3 Å². The van der Waals surface area contributed by atoms with Gasteiger partial charge in [0.1, 0.15) is 5.75 Å². The molecular formula is C30H36N2O. The molecule has 5 fully saturated rings. The number of likely N-dealkylation sites (tertiary alicyclic amines) is 2. The second-order valence-electron chi connectivity index (χ2n) is 12.5. The molecule has 8 rings (SSSR count). The van der Waals surface area contributed by atoms with E-state index in [4.69, 9.17) is 0 Å². The highest BCUT2D eigenvalue weighted by atomic mass is 16.3. The van der Waals surface area contributed by atoms with Crippen molar-refractivity contribution in [2.24, 2.45) is 29.1 Å². The van der Waals surface area contributed by atoms with Crippen molar-refractivity contribution in [3.05, 3.63) is 65.2 Å². The molecule has 1 spiro atoms. The smallest absolute Gasteiger partial charge is 0.119 e. The van der Waals surface area contributed by atoms with Crippen LogP contribution in [0.3, 0.4) is 0 Å². The molecule has 2 heterocycles. The Bertz CT molecular complexity index is 1100. The predicted molar refractivity (Wildman–Crippen MR) is 130 cm³/mol. The number of benzene rings is 2. The zero-order chi connectivity index (χ0) is 21.8. The Kier molecular flexibility index (Phi) is 3.91. The summed E-state index contributed by atoms with van der Waals surface area (Å²) < 4.78 is 0. The number of piperidine rings is 1. The minimum Gasteiger partial charge on any atom is -0.508 e. The van der Waals surface area contributed by atoms with Crippen molar-refractivity contribution in [1.29, 1.82) is 0 Å². The van der Waals surface area contributed by atoms with Gasteiger partial charge in [-0.1, -0.05) is 42.5 Å². The summed E-state index contributed by atoms with van der Waals surface area (Å²) in [5.41, 5.74) is 4.91. The third kappa shape index (κ3) is 2.48. The van der Waals surface area contributed by atoms with Gasteiger partial charge >= 0.3 is 0 Å². The SMILES string of the molecule is Oc1cccc2c1C13C(C2)CN(CC2CC2)CC12CCC1C3[C@@H](CN1Cc1ccccc1)C2. The molecule has 172 valence electrons. The highest BCUT2D eigenvalue weighted by Crippen LogP contribution is 2.76. The first-order valence-electron chi connectivity index (χ1n) is 13.5. The fourth-order valence-corrected chi connectivity index (χ4v) is 10.2. The van der Waals surface area contributed by atoms with Gasteiger partial charge in [0.25, 0.3) is 0 Å². The van der Waals surface area contributed by atoms with E-state index in [-0.39, 0.29) is 5.41 Å².